The molecule has 160 valence electrons. The lowest BCUT2D eigenvalue weighted by atomic mass is 10.0. The Morgan fingerprint density at radius 3 is 2.43 bits per heavy atom. The van der Waals surface area contributed by atoms with Gasteiger partial charge >= 0.3 is 0 Å². The normalized spacial score (nSPS) is 15.0. The molecule has 2 aromatic rings. The number of benzene rings is 2. The van der Waals surface area contributed by atoms with E-state index in [2.05, 4.69) is 47.6 Å². The fourth-order valence-electron chi connectivity index (χ4n) is 3.53. The molecule has 1 fully saturated rings. The zero-order valence-electron chi connectivity index (χ0n) is 17.8. The van der Waals surface area contributed by atoms with Crippen molar-refractivity contribution in [3.05, 3.63) is 59.7 Å². The molecular weight excluding hydrogens is 394 g/mol. The summed E-state index contributed by atoms with van der Waals surface area (Å²) >= 11 is 1.73. The molecule has 5 nitrogen and oxygen atoms in total. The first-order valence-corrected chi connectivity index (χ1v) is 11.5. The number of amides is 2. The minimum Gasteiger partial charge on any atom is -0.353 e. The van der Waals surface area contributed by atoms with E-state index in [-0.39, 0.29) is 17.9 Å². The second-order valence-electron chi connectivity index (χ2n) is 7.88. The van der Waals surface area contributed by atoms with E-state index in [9.17, 15) is 9.59 Å². The first-order valence-electron chi connectivity index (χ1n) is 10.6. The number of hydrogen-bond donors (Lipinski definition) is 2. The van der Waals surface area contributed by atoms with Crippen LogP contribution in [0.4, 0.5) is 5.69 Å². The van der Waals surface area contributed by atoms with Crippen LogP contribution in [-0.2, 0) is 9.59 Å². The van der Waals surface area contributed by atoms with E-state index in [1.807, 2.05) is 30.3 Å². The summed E-state index contributed by atoms with van der Waals surface area (Å²) in [6.07, 6.45) is 2.29. The van der Waals surface area contributed by atoms with Gasteiger partial charge in [0.1, 0.15) is 0 Å². The Bertz CT molecular complexity index is 849. The Morgan fingerprint density at radius 1 is 1.00 bits per heavy atom. The zero-order valence-corrected chi connectivity index (χ0v) is 18.6. The minimum absolute atomic E-state index is 0.00653. The van der Waals surface area contributed by atoms with Gasteiger partial charge in [0.2, 0.25) is 11.8 Å². The van der Waals surface area contributed by atoms with Gasteiger partial charge in [-0.15, -0.1) is 11.8 Å². The highest BCUT2D eigenvalue weighted by atomic mass is 32.2. The number of hydrogen-bond acceptors (Lipinski definition) is 4. The van der Waals surface area contributed by atoms with Gasteiger partial charge in [-0.25, -0.2) is 0 Å². The summed E-state index contributed by atoms with van der Waals surface area (Å²) in [7, 11) is 0. The zero-order chi connectivity index (χ0) is 21.3. The molecule has 0 spiro atoms. The number of nitrogens with zero attached hydrogens (tertiary/aromatic N) is 1. The van der Waals surface area contributed by atoms with Crippen LogP contribution < -0.4 is 10.6 Å². The predicted octanol–water partition coefficient (Wildman–Crippen LogP) is 4.00. The van der Waals surface area contributed by atoms with Crippen LogP contribution in [0.1, 0.15) is 30.4 Å². The molecule has 30 heavy (non-hydrogen) atoms. The number of rotatable bonds is 8. The van der Waals surface area contributed by atoms with Crippen molar-refractivity contribution in [3.8, 4) is 0 Å². The summed E-state index contributed by atoms with van der Waals surface area (Å²) in [5.74, 6) is 0.908. The largest absolute Gasteiger partial charge is 0.353 e. The van der Waals surface area contributed by atoms with Gasteiger partial charge in [-0.1, -0.05) is 24.3 Å². The van der Waals surface area contributed by atoms with Crippen molar-refractivity contribution in [2.45, 2.75) is 44.0 Å². The van der Waals surface area contributed by atoms with Crippen LogP contribution in [0.2, 0.25) is 0 Å². The van der Waals surface area contributed by atoms with Crippen molar-refractivity contribution in [2.75, 3.05) is 30.7 Å². The summed E-state index contributed by atoms with van der Waals surface area (Å²) < 4.78 is 0. The molecule has 1 saturated heterocycles. The third-order valence-electron chi connectivity index (χ3n) is 5.45. The first-order chi connectivity index (χ1) is 14.5. The van der Waals surface area contributed by atoms with E-state index >= 15 is 0 Å². The Morgan fingerprint density at radius 2 is 1.73 bits per heavy atom. The standard InChI is InChI=1S/C24H31N3O2S/c1-18-8-9-22(16-19(18)2)30-15-12-23(28)25-21-10-13-27(14-11-21)17-24(29)26-20-6-4-3-5-7-20/h3-9,16,21H,10-15,17H2,1-2H3,(H,25,28)(H,26,29). The molecule has 0 aromatic heterocycles. The van der Waals surface area contributed by atoms with E-state index in [0.717, 1.165) is 37.4 Å². The van der Waals surface area contributed by atoms with E-state index in [4.69, 9.17) is 0 Å². The molecule has 0 aliphatic carbocycles. The average Bonchev–Trinajstić information content (AvgIpc) is 2.73. The van der Waals surface area contributed by atoms with Gasteiger partial charge in [-0.05, 0) is 62.1 Å². The molecular formula is C24H31N3O2S. The first kappa shape index (κ1) is 22.4. The summed E-state index contributed by atoms with van der Waals surface area (Å²) in [5.41, 5.74) is 3.40. The lowest BCUT2D eigenvalue weighted by Gasteiger charge is -2.31. The highest BCUT2D eigenvalue weighted by Gasteiger charge is 2.22. The van der Waals surface area contributed by atoms with Crippen LogP contribution in [0.15, 0.2) is 53.4 Å². The lowest BCUT2D eigenvalue weighted by molar-refractivity contribution is -0.122. The van der Waals surface area contributed by atoms with Gasteiger partial charge in [0.05, 0.1) is 6.54 Å². The molecule has 1 aliphatic heterocycles. The quantitative estimate of drug-likeness (QED) is 0.628. The molecule has 0 saturated carbocycles. The average molecular weight is 426 g/mol. The summed E-state index contributed by atoms with van der Waals surface area (Å²) in [6, 6.07) is 16.2. The lowest BCUT2D eigenvalue weighted by Crippen LogP contribution is -2.46. The van der Waals surface area contributed by atoms with Crippen molar-refractivity contribution in [1.29, 1.82) is 0 Å². The number of carbonyl (C=O) groups excluding carboxylic acids is 2. The monoisotopic (exact) mass is 425 g/mol. The van der Waals surface area contributed by atoms with Gasteiger partial charge < -0.3 is 10.6 Å². The van der Waals surface area contributed by atoms with E-state index in [1.54, 1.807) is 11.8 Å². The topological polar surface area (TPSA) is 61.4 Å². The molecule has 2 N–H and O–H groups in total. The van der Waals surface area contributed by atoms with Crippen LogP contribution in [0.5, 0.6) is 0 Å². The number of likely N-dealkylation sites (tertiary alicyclic amines) is 1. The van der Waals surface area contributed by atoms with Gasteiger partial charge in [0, 0.05) is 41.9 Å². The maximum absolute atomic E-state index is 12.3. The molecule has 0 radical (unpaired) electrons. The maximum atomic E-state index is 12.3. The second-order valence-corrected chi connectivity index (χ2v) is 9.04. The number of aryl methyl sites for hydroxylation is 2. The molecule has 6 heteroatoms. The number of para-hydroxylation sites is 1. The van der Waals surface area contributed by atoms with Crippen molar-refractivity contribution < 1.29 is 9.59 Å². The molecule has 0 atom stereocenters. The Hall–Kier alpha value is -2.31. The smallest absolute Gasteiger partial charge is 0.238 e. The molecule has 1 heterocycles. The highest BCUT2D eigenvalue weighted by molar-refractivity contribution is 7.99. The van der Waals surface area contributed by atoms with E-state index in [1.165, 1.54) is 16.0 Å². The molecule has 2 amide bonds. The third-order valence-corrected chi connectivity index (χ3v) is 6.45. The van der Waals surface area contributed by atoms with Crippen molar-refractivity contribution >= 4 is 29.3 Å². The molecule has 2 aromatic carbocycles. The number of anilines is 1. The minimum atomic E-state index is 0.00653. The van der Waals surface area contributed by atoms with E-state index < -0.39 is 0 Å². The highest BCUT2D eigenvalue weighted by Crippen LogP contribution is 2.21. The molecule has 3 rings (SSSR count). The number of piperidine rings is 1. The fourth-order valence-corrected chi connectivity index (χ4v) is 4.47. The van der Waals surface area contributed by atoms with Gasteiger partial charge in [-0.2, -0.15) is 0 Å². The fraction of sp³-hybridized carbons (Fsp3) is 0.417. The number of carbonyl (C=O) groups is 2. The summed E-state index contributed by atoms with van der Waals surface area (Å²) in [6.45, 7) is 6.26. The SMILES string of the molecule is Cc1ccc(SCCC(=O)NC2CCN(CC(=O)Nc3ccccc3)CC2)cc1C. The number of thioether (sulfide) groups is 1. The van der Waals surface area contributed by atoms with E-state index in [0.29, 0.717) is 13.0 Å². The van der Waals surface area contributed by atoms with Gasteiger partial charge in [0.15, 0.2) is 0 Å². The van der Waals surface area contributed by atoms with Gasteiger partial charge in [-0.3, -0.25) is 14.5 Å². The van der Waals surface area contributed by atoms with Gasteiger partial charge in [0.25, 0.3) is 0 Å². The Kier molecular flexibility index (Phi) is 8.34. The van der Waals surface area contributed by atoms with Crippen LogP contribution in [-0.4, -0.2) is 48.1 Å². The third kappa shape index (κ3) is 7.18. The molecule has 0 bridgehead atoms. The Balaban J connectivity index is 1.31. The summed E-state index contributed by atoms with van der Waals surface area (Å²) in [5, 5.41) is 6.08. The molecule has 0 unspecified atom stereocenters. The Labute approximate surface area is 183 Å². The van der Waals surface area contributed by atoms with Crippen molar-refractivity contribution in [3.63, 3.8) is 0 Å². The summed E-state index contributed by atoms with van der Waals surface area (Å²) in [4.78, 5) is 27.8. The van der Waals surface area contributed by atoms with Crippen LogP contribution >= 0.6 is 11.8 Å². The molecule has 1 aliphatic rings. The predicted molar refractivity (Wildman–Crippen MR) is 124 cm³/mol. The van der Waals surface area contributed by atoms with Crippen LogP contribution in [0.3, 0.4) is 0 Å². The van der Waals surface area contributed by atoms with Crippen molar-refractivity contribution in [2.24, 2.45) is 0 Å². The van der Waals surface area contributed by atoms with Crippen molar-refractivity contribution in [1.82, 2.24) is 10.2 Å². The number of nitrogens with one attached hydrogen (secondary N) is 2. The van der Waals surface area contributed by atoms with Crippen LogP contribution in [0.25, 0.3) is 0 Å². The maximum Gasteiger partial charge on any atom is 0.238 e. The van der Waals surface area contributed by atoms with Crippen LogP contribution in [0, 0.1) is 13.8 Å². The second kappa shape index (κ2) is 11.2.